The second-order valence-corrected chi connectivity index (χ2v) is 10.8. The number of aliphatic hydroxyl groups is 1. The minimum Gasteiger partial charge on any atom is -0.396 e. The highest BCUT2D eigenvalue weighted by molar-refractivity contribution is 5.99. The molecule has 1 amide bonds. The summed E-state index contributed by atoms with van der Waals surface area (Å²) in [5, 5.41) is 11.7. The van der Waals surface area contributed by atoms with E-state index in [-0.39, 0.29) is 37.4 Å². The Morgan fingerprint density at radius 1 is 0.882 bits per heavy atom. The molecule has 2 aromatic carbocycles. The third-order valence-electron chi connectivity index (χ3n) is 8.63. The lowest BCUT2D eigenvalue weighted by Gasteiger charge is -2.38. The molecule has 2 saturated heterocycles. The maximum Gasteiger partial charge on any atom is 0.391 e. The molecular formula is C28H34F3NO2. The topological polar surface area (TPSA) is 40.5 Å². The summed E-state index contributed by atoms with van der Waals surface area (Å²) < 4.78 is 38.7. The van der Waals surface area contributed by atoms with E-state index in [1.54, 1.807) is 0 Å². The summed E-state index contributed by atoms with van der Waals surface area (Å²) in [6.45, 7) is 0.210. The Morgan fingerprint density at radius 2 is 1.53 bits per heavy atom. The minimum absolute atomic E-state index is 0.101. The number of aryl methyl sites for hydroxylation is 1. The molecule has 2 heterocycles. The molecule has 2 bridgehead atoms. The number of rotatable bonds is 5. The third kappa shape index (κ3) is 4.84. The van der Waals surface area contributed by atoms with Gasteiger partial charge in [-0.3, -0.25) is 4.79 Å². The molecule has 0 radical (unpaired) electrons. The van der Waals surface area contributed by atoms with E-state index in [1.807, 2.05) is 18.2 Å². The molecule has 3 aliphatic rings. The highest BCUT2D eigenvalue weighted by Crippen LogP contribution is 2.41. The second-order valence-electron chi connectivity index (χ2n) is 10.8. The zero-order valence-electron chi connectivity index (χ0n) is 19.6. The lowest BCUT2D eigenvalue weighted by atomic mass is 9.79. The average molecular weight is 474 g/mol. The summed E-state index contributed by atoms with van der Waals surface area (Å²) in [5.74, 6) is -0.322. The van der Waals surface area contributed by atoms with E-state index in [2.05, 4.69) is 23.1 Å². The number of aliphatic hydroxyl groups excluding tert-OH is 1. The number of hydrogen-bond acceptors (Lipinski definition) is 2. The number of benzene rings is 2. The van der Waals surface area contributed by atoms with E-state index >= 15 is 0 Å². The van der Waals surface area contributed by atoms with E-state index in [0.717, 1.165) is 54.9 Å². The van der Waals surface area contributed by atoms with Crippen molar-refractivity contribution in [3.63, 3.8) is 0 Å². The maximum atomic E-state index is 13.3. The van der Waals surface area contributed by atoms with Gasteiger partial charge >= 0.3 is 6.18 Å². The summed E-state index contributed by atoms with van der Waals surface area (Å²) in [5.41, 5.74) is 1.93. The van der Waals surface area contributed by atoms with Crippen LogP contribution in [0.5, 0.6) is 0 Å². The molecule has 3 nitrogen and oxygen atoms in total. The molecule has 2 aromatic rings. The van der Waals surface area contributed by atoms with Gasteiger partial charge in [0.25, 0.3) is 5.91 Å². The largest absolute Gasteiger partial charge is 0.396 e. The van der Waals surface area contributed by atoms with Crippen molar-refractivity contribution < 1.29 is 23.1 Å². The van der Waals surface area contributed by atoms with Crippen LogP contribution in [-0.4, -0.2) is 40.8 Å². The quantitative estimate of drug-likeness (QED) is 0.537. The first-order chi connectivity index (χ1) is 16.3. The first kappa shape index (κ1) is 23.7. The molecule has 5 rings (SSSR count). The van der Waals surface area contributed by atoms with Gasteiger partial charge in [0.1, 0.15) is 0 Å². The minimum atomic E-state index is -4.04. The van der Waals surface area contributed by atoms with Gasteiger partial charge in [0, 0.05) is 24.3 Å². The normalized spacial score (nSPS) is 29.5. The van der Waals surface area contributed by atoms with E-state index in [0.29, 0.717) is 24.7 Å². The zero-order valence-corrected chi connectivity index (χ0v) is 19.6. The van der Waals surface area contributed by atoms with Crippen LogP contribution in [0.3, 0.4) is 0 Å². The SMILES string of the molecule is O=C(c1ccc2cc(CCC3CCC(C(F)(F)F)CC3)ccc2c1)N1C2CCC1CC(CO)C2. The Hall–Kier alpha value is -2.08. The average Bonchev–Trinajstić information content (AvgIpc) is 3.10. The molecule has 0 spiro atoms. The standard InChI is InChI=1S/C28H34F3NO2/c29-28(30,31)24-9-4-18(5-10-24)1-2-19-3-6-22-16-23(8-7-21(22)13-19)27(34)32-25-11-12-26(32)15-20(14-25)17-33/h3,6-8,13,16,18,20,24-26,33H,1-2,4-5,9-12,14-15,17H2. The molecule has 1 N–H and O–H groups in total. The smallest absolute Gasteiger partial charge is 0.391 e. The van der Waals surface area contributed by atoms with Crippen LogP contribution in [0.4, 0.5) is 13.2 Å². The van der Waals surface area contributed by atoms with Gasteiger partial charge in [-0.15, -0.1) is 0 Å². The Balaban J connectivity index is 1.21. The summed E-state index contributed by atoms with van der Waals surface area (Å²) in [6.07, 6.45) is 3.48. The highest BCUT2D eigenvalue weighted by Gasteiger charge is 2.43. The number of nitrogens with zero attached hydrogens (tertiary/aromatic N) is 1. The maximum absolute atomic E-state index is 13.3. The zero-order chi connectivity index (χ0) is 23.9. The second kappa shape index (κ2) is 9.52. The molecular weight excluding hydrogens is 439 g/mol. The van der Waals surface area contributed by atoms with Crippen LogP contribution in [-0.2, 0) is 6.42 Å². The first-order valence-electron chi connectivity index (χ1n) is 12.8. The number of hydrogen-bond donors (Lipinski definition) is 1. The van der Waals surface area contributed by atoms with Gasteiger partial charge in [0.05, 0.1) is 5.92 Å². The van der Waals surface area contributed by atoms with Gasteiger partial charge < -0.3 is 10.0 Å². The van der Waals surface area contributed by atoms with Crippen LogP contribution in [0, 0.1) is 17.8 Å². The van der Waals surface area contributed by atoms with E-state index in [1.165, 1.54) is 5.56 Å². The predicted molar refractivity (Wildman–Crippen MR) is 127 cm³/mol. The molecule has 34 heavy (non-hydrogen) atoms. The summed E-state index contributed by atoms with van der Waals surface area (Å²) in [6, 6.07) is 12.7. The summed E-state index contributed by atoms with van der Waals surface area (Å²) in [7, 11) is 0. The molecule has 0 aromatic heterocycles. The Morgan fingerprint density at radius 3 is 2.18 bits per heavy atom. The Kier molecular flexibility index (Phi) is 6.62. The first-order valence-corrected chi connectivity index (χ1v) is 12.8. The van der Waals surface area contributed by atoms with Gasteiger partial charge in [-0.05, 0) is 105 Å². The molecule has 184 valence electrons. The van der Waals surface area contributed by atoms with Crippen molar-refractivity contribution in [3.05, 3.63) is 47.5 Å². The van der Waals surface area contributed by atoms with Crippen molar-refractivity contribution in [1.82, 2.24) is 4.90 Å². The van der Waals surface area contributed by atoms with Crippen molar-refractivity contribution in [3.8, 4) is 0 Å². The number of alkyl halides is 3. The van der Waals surface area contributed by atoms with Gasteiger partial charge in [-0.25, -0.2) is 0 Å². The monoisotopic (exact) mass is 473 g/mol. The van der Waals surface area contributed by atoms with E-state index < -0.39 is 12.1 Å². The number of fused-ring (bicyclic) bond motifs is 3. The number of amides is 1. The summed E-state index contributed by atoms with van der Waals surface area (Å²) in [4.78, 5) is 15.4. The third-order valence-corrected chi connectivity index (χ3v) is 8.63. The molecule has 2 aliphatic heterocycles. The van der Waals surface area contributed by atoms with Gasteiger partial charge in [0.2, 0.25) is 0 Å². The van der Waals surface area contributed by atoms with Crippen LogP contribution in [0.25, 0.3) is 10.8 Å². The van der Waals surface area contributed by atoms with Crippen LogP contribution in [0.2, 0.25) is 0 Å². The molecule has 2 atom stereocenters. The fourth-order valence-corrected chi connectivity index (χ4v) is 6.65. The predicted octanol–water partition coefficient (Wildman–Crippen LogP) is 6.52. The van der Waals surface area contributed by atoms with Crippen LogP contribution in [0.15, 0.2) is 36.4 Å². The van der Waals surface area contributed by atoms with Crippen molar-refractivity contribution in [2.45, 2.75) is 82.5 Å². The number of piperidine rings is 1. The molecule has 3 fully saturated rings. The van der Waals surface area contributed by atoms with E-state index in [9.17, 15) is 23.1 Å². The van der Waals surface area contributed by atoms with Crippen LogP contribution in [0.1, 0.15) is 73.7 Å². The molecule has 1 saturated carbocycles. The number of carbonyl (C=O) groups excluding carboxylic acids is 1. The molecule has 6 heteroatoms. The van der Waals surface area contributed by atoms with Crippen LogP contribution >= 0.6 is 0 Å². The fraction of sp³-hybridized carbons (Fsp3) is 0.607. The van der Waals surface area contributed by atoms with Crippen molar-refractivity contribution in [2.75, 3.05) is 6.61 Å². The van der Waals surface area contributed by atoms with Gasteiger partial charge in [-0.2, -0.15) is 13.2 Å². The van der Waals surface area contributed by atoms with Crippen LogP contribution < -0.4 is 0 Å². The number of halogens is 3. The lowest BCUT2D eigenvalue weighted by molar-refractivity contribution is -0.184. The lowest BCUT2D eigenvalue weighted by Crippen LogP contribution is -2.47. The Labute approximate surface area is 199 Å². The van der Waals surface area contributed by atoms with Crippen molar-refractivity contribution >= 4 is 16.7 Å². The van der Waals surface area contributed by atoms with Crippen molar-refractivity contribution in [1.29, 1.82) is 0 Å². The molecule has 1 aliphatic carbocycles. The highest BCUT2D eigenvalue weighted by atomic mass is 19.4. The van der Waals surface area contributed by atoms with Gasteiger partial charge in [0.15, 0.2) is 0 Å². The van der Waals surface area contributed by atoms with Gasteiger partial charge in [-0.1, -0.05) is 24.3 Å². The van der Waals surface area contributed by atoms with E-state index in [4.69, 9.17) is 0 Å². The fourth-order valence-electron chi connectivity index (χ4n) is 6.65. The van der Waals surface area contributed by atoms with Crippen molar-refractivity contribution in [2.24, 2.45) is 17.8 Å². The molecule has 2 unspecified atom stereocenters. The summed E-state index contributed by atoms with van der Waals surface area (Å²) >= 11 is 0. The number of carbonyl (C=O) groups is 1. The Bertz CT molecular complexity index is 1010.